The van der Waals surface area contributed by atoms with Gasteiger partial charge in [0.1, 0.15) is 11.3 Å². The molecule has 1 aliphatic rings. The summed E-state index contributed by atoms with van der Waals surface area (Å²) < 4.78 is 4.76. The van der Waals surface area contributed by atoms with Crippen molar-refractivity contribution in [2.24, 2.45) is 0 Å². The number of ketones is 1. The van der Waals surface area contributed by atoms with Crippen LogP contribution >= 0.6 is 0 Å². The highest BCUT2D eigenvalue weighted by atomic mass is 16.5. The van der Waals surface area contributed by atoms with Gasteiger partial charge in [0.2, 0.25) is 5.78 Å². The Balaban J connectivity index is 2.28. The maximum atomic E-state index is 12.0. The van der Waals surface area contributed by atoms with Gasteiger partial charge in [-0.05, 0) is 18.1 Å². The average molecular weight is 308 g/mol. The van der Waals surface area contributed by atoms with Crippen LogP contribution in [0.3, 0.4) is 0 Å². The molecule has 1 fully saturated rings. The monoisotopic (exact) mass is 308 g/mol. The quantitative estimate of drug-likeness (QED) is 0.410. The molecule has 2 aromatic carbocycles. The lowest BCUT2D eigenvalue weighted by Crippen LogP contribution is -2.29. The van der Waals surface area contributed by atoms with Crippen LogP contribution in [0.2, 0.25) is 0 Å². The SMILES string of the molecule is CC(/C(O)=C1\C(=O)COC1=O)(c1ccccc1)c1ccccc1. The van der Waals surface area contributed by atoms with Crippen LogP contribution in [0.5, 0.6) is 0 Å². The number of aliphatic hydroxyl groups excluding tert-OH is 1. The van der Waals surface area contributed by atoms with Gasteiger partial charge >= 0.3 is 5.97 Å². The molecule has 3 rings (SSSR count). The standard InChI is InChI=1S/C19H16O4/c1-19(13-8-4-2-5-9-13,14-10-6-3-7-11-14)17(21)16-15(20)12-23-18(16)22/h2-11,21H,12H2,1H3/b17-16-. The second-order valence-electron chi connectivity index (χ2n) is 5.58. The minimum absolute atomic E-state index is 0.264. The van der Waals surface area contributed by atoms with E-state index in [0.29, 0.717) is 0 Å². The summed E-state index contributed by atoms with van der Waals surface area (Å²) in [6.07, 6.45) is 0. The first kappa shape index (κ1) is 15.0. The summed E-state index contributed by atoms with van der Waals surface area (Å²) in [5.74, 6) is -1.54. The summed E-state index contributed by atoms with van der Waals surface area (Å²) in [5.41, 5.74) is 0.282. The molecule has 0 unspecified atom stereocenters. The summed E-state index contributed by atoms with van der Waals surface area (Å²) in [7, 11) is 0. The lowest BCUT2D eigenvalue weighted by molar-refractivity contribution is -0.135. The number of carbonyl (C=O) groups is 2. The first-order chi connectivity index (χ1) is 11.0. The van der Waals surface area contributed by atoms with Gasteiger partial charge in [-0.15, -0.1) is 0 Å². The van der Waals surface area contributed by atoms with Crippen molar-refractivity contribution in [2.75, 3.05) is 6.61 Å². The third kappa shape index (κ3) is 2.42. The minimum Gasteiger partial charge on any atom is -0.510 e. The third-order valence-electron chi connectivity index (χ3n) is 4.23. The smallest absolute Gasteiger partial charge is 0.345 e. The van der Waals surface area contributed by atoms with Gasteiger partial charge in [0.25, 0.3) is 0 Å². The van der Waals surface area contributed by atoms with Crippen molar-refractivity contribution < 1.29 is 19.4 Å². The Morgan fingerprint density at radius 2 is 1.43 bits per heavy atom. The lowest BCUT2D eigenvalue weighted by Gasteiger charge is -2.31. The van der Waals surface area contributed by atoms with E-state index in [4.69, 9.17) is 4.74 Å². The van der Waals surface area contributed by atoms with Gasteiger partial charge in [-0.3, -0.25) is 4.79 Å². The normalized spacial score (nSPS) is 17.1. The van der Waals surface area contributed by atoms with Crippen molar-refractivity contribution in [2.45, 2.75) is 12.3 Å². The Hall–Kier alpha value is -2.88. The van der Waals surface area contributed by atoms with E-state index in [-0.39, 0.29) is 17.9 Å². The maximum Gasteiger partial charge on any atom is 0.345 e. The average Bonchev–Trinajstić information content (AvgIpc) is 2.93. The number of hydrogen-bond acceptors (Lipinski definition) is 4. The summed E-state index contributed by atoms with van der Waals surface area (Å²) in [4.78, 5) is 23.8. The number of aliphatic hydroxyl groups is 1. The number of cyclic esters (lactones) is 1. The first-order valence-corrected chi connectivity index (χ1v) is 7.30. The van der Waals surface area contributed by atoms with Crippen LogP contribution in [0.4, 0.5) is 0 Å². The van der Waals surface area contributed by atoms with Gasteiger partial charge in [-0.1, -0.05) is 60.7 Å². The molecule has 0 aliphatic carbocycles. The topological polar surface area (TPSA) is 63.6 Å². The molecule has 23 heavy (non-hydrogen) atoms. The molecule has 0 amide bonds. The van der Waals surface area contributed by atoms with Crippen molar-refractivity contribution in [1.29, 1.82) is 0 Å². The second-order valence-corrected chi connectivity index (χ2v) is 5.58. The van der Waals surface area contributed by atoms with Crippen LogP contribution in [-0.4, -0.2) is 23.5 Å². The Labute approximate surface area is 134 Å². The van der Waals surface area contributed by atoms with Crippen molar-refractivity contribution in [1.82, 2.24) is 0 Å². The van der Waals surface area contributed by atoms with Crippen LogP contribution < -0.4 is 0 Å². The van der Waals surface area contributed by atoms with Crippen LogP contribution in [0.25, 0.3) is 0 Å². The van der Waals surface area contributed by atoms with Gasteiger partial charge < -0.3 is 9.84 Å². The molecule has 0 saturated carbocycles. The largest absolute Gasteiger partial charge is 0.510 e. The van der Waals surface area contributed by atoms with Gasteiger partial charge in [0.15, 0.2) is 6.61 Å². The highest BCUT2D eigenvalue weighted by Gasteiger charge is 2.42. The first-order valence-electron chi connectivity index (χ1n) is 7.30. The van der Waals surface area contributed by atoms with Crippen molar-refractivity contribution >= 4 is 11.8 Å². The fourth-order valence-corrected chi connectivity index (χ4v) is 2.85. The molecule has 2 aromatic rings. The summed E-state index contributed by atoms with van der Waals surface area (Å²) in [5, 5.41) is 10.9. The number of benzene rings is 2. The van der Waals surface area contributed by atoms with E-state index in [1.807, 2.05) is 60.7 Å². The number of allylic oxidation sites excluding steroid dienone is 1. The second kappa shape index (κ2) is 5.72. The summed E-state index contributed by atoms with van der Waals surface area (Å²) in [6, 6.07) is 18.6. The molecule has 0 bridgehead atoms. The lowest BCUT2D eigenvalue weighted by atomic mass is 9.73. The number of rotatable bonds is 3. The van der Waals surface area contributed by atoms with Crippen LogP contribution in [0.1, 0.15) is 18.1 Å². The Bertz CT molecular complexity index is 718. The van der Waals surface area contributed by atoms with Crippen molar-refractivity contribution in [3.63, 3.8) is 0 Å². The minimum atomic E-state index is -1.02. The molecule has 0 spiro atoms. The van der Waals surface area contributed by atoms with Gasteiger partial charge in [0.05, 0.1) is 5.41 Å². The number of hydrogen-bond donors (Lipinski definition) is 1. The highest BCUT2D eigenvalue weighted by molar-refractivity contribution is 6.22. The number of carbonyl (C=O) groups excluding carboxylic acids is 2. The van der Waals surface area contributed by atoms with E-state index in [9.17, 15) is 14.7 Å². The molecule has 0 radical (unpaired) electrons. The van der Waals surface area contributed by atoms with E-state index in [0.717, 1.165) is 11.1 Å². The van der Waals surface area contributed by atoms with Crippen molar-refractivity contribution in [3.8, 4) is 0 Å². The Kier molecular flexibility index (Phi) is 3.74. The zero-order chi connectivity index (χ0) is 16.4. The molecule has 1 saturated heterocycles. The van der Waals surface area contributed by atoms with E-state index in [1.54, 1.807) is 6.92 Å². The van der Waals surface area contributed by atoms with E-state index in [1.165, 1.54) is 0 Å². The zero-order valence-corrected chi connectivity index (χ0v) is 12.7. The van der Waals surface area contributed by atoms with E-state index < -0.39 is 17.2 Å². The number of Topliss-reactive ketones (excluding diaryl/α,β-unsaturated/α-hetero) is 1. The molecule has 1 heterocycles. The summed E-state index contributed by atoms with van der Waals surface area (Å²) >= 11 is 0. The molecular weight excluding hydrogens is 292 g/mol. The Morgan fingerprint density at radius 3 is 1.83 bits per heavy atom. The predicted octanol–water partition coefficient (Wildman–Crippen LogP) is 2.93. The summed E-state index contributed by atoms with van der Waals surface area (Å²) in [6.45, 7) is 1.47. The molecular formula is C19H16O4. The molecule has 0 atom stereocenters. The van der Waals surface area contributed by atoms with Crippen LogP contribution in [0.15, 0.2) is 72.0 Å². The maximum absolute atomic E-state index is 12.0. The van der Waals surface area contributed by atoms with Crippen LogP contribution in [0, 0.1) is 0 Å². The van der Waals surface area contributed by atoms with Crippen molar-refractivity contribution in [3.05, 3.63) is 83.1 Å². The van der Waals surface area contributed by atoms with Crippen LogP contribution in [-0.2, 0) is 19.7 Å². The Morgan fingerprint density at radius 1 is 0.957 bits per heavy atom. The number of esters is 1. The van der Waals surface area contributed by atoms with Gasteiger partial charge in [-0.2, -0.15) is 0 Å². The zero-order valence-electron chi connectivity index (χ0n) is 12.7. The third-order valence-corrected chi connectivity index (χ3v) is 4.23. The molecule has 1 N–H and O–H groups in total. The highest BCUT2D eigenvalue weighted by Crippen LogP contribution is 2.39. The van der Waals surface area contributed by atoms with Gasteiger partial charge in [0, 0.05) is 0 Å². The predicted molar refractivity (Wildman–Crippen MR) is 85.0 cm³/mol. The molecule has 4 heteroatoms. The fraction of sp³-hybridized carbons (Fsp3) is 0.158. The van der Waals surface area contributed by atoms with E-state index >= 15 is 0 Å². The molecule has 4 nitrogen and oxygen atoms in total. The fourth-order valence-electron chi connectivity index (χ4n) is 2.85. The number of ether oxygens (including phenoxy) is 1. The molecule has 1 aliphatic heterocycles. The van der Waals surface area contributed by atoms with E-state index in [2.05, 4.69) is 0 Å². The molecule has 0 aromatic heterocycles. The molecule has 116 valence electrons. The van der Waals surface area contributed by atoms with Gasteiger partial charge in [-0.25, -0.2) is 4.79 Å².